The molecule has 0 aliphatic carbocycles. The Labute approximate surface area is 143 Å². The maximum Gasteiger partial charge on any atom is 0.254 e. The number of aromatic nitrogens is 2. The van der Waals surface area contributed by atoms with Gasteiger partial charge < -0.3 is 9.80 Å². The van der Waals surface area contributed by atoms with E-state index in [-0.39, 0.29) is 11.9 Å². The second-order valence-corrected chi connectivity index (χ2v) is 6.98. The van der Waals surface area contributed by atoms with Crippen molar-refractivity contribution in [2.45, 2.75) is 31.8 Å². The average molecular weight is 326 g/mol. The molecular formula is C19H26N4O. The van der Waals surface area contributed by atoms with Gasteiger partial charge in [-0.05, 0) is 51.6 Å². The lowest BCUT2D eigenvalue weighted by Gasteiger charge is -2.31. The Morgan fingerprint density at radius 1 is 1.38 bits per heavy atom. The van der Waals surface area contributed by atoms with Crippen molar-refractivity contribution in [1.82, 2.24) is 19.6 Å². The number of carbonyl (C=O) groups is 1. The van der Waals surface area contributed by atoms with Gasteiger partial charge in [-0.2, -0.15) is 5.10 Å². The summed E-state index contributed by atoms with van der Waals surface area (Å²) < 4.78 is 1.82. The standard InChI is InChI=1S/C19H26N4O/c1-14-6-5-7-16(10-14)19(24)23-9-8-17(21(2)3)18(23)11-15-12-20-22(4)13-15/h5-7,10,12-13,17-18H,8-9,11H2,1-4H3/t17-,18+/m1/s1. The lowest BCUT2D eigenvalue weighted by molar-refractivity contribution is 0.0704. The molecule has 5 nitrogen and oxygen atoms in total. The molecule has 0 radical (unpaired) electrons. The molecule has 1 aromatic heterocycles. The molecule has 24 heavy (non-hydrogen) atoms. The molecule has 1 saturated heterocycles. The predicted octanol–water partition coefficient (Wildman–Crippen LogP) is 2.12. The summed E-state index contributed by atoms with van der Waals surface area (Å²) in [6.45, 7) is 2.83. The molecule has 1 fully saturated rings. The second-order valence-electron chi connectivity index (χ2n) is 6.98. The molecule has 1 aromatic carbocycles. The number of aryl methyl sites for hydroxylation is 2. The minimum atomic E-state index is 0.136. The van der Waals surface area contributed by atoms with Crippen LogP contribution >= 0.6 is 0 Å². The molecule has 0 unspecified atom stereocenters. The van der Waals surface area contributed by atoms with Gasteiger partial charge in [0.1, 0.15) is 0 Å². The van der Waals surface area contributed by atoms with E-state index >= 15 is 0 Å². The third-order valence-corrected chi connectivity index (χ3v) is 4.90. The Hall–Kier alpha value is -2.14. The molecule has 0 spiro atoms. The molecule has 128 valence electrons. The van der Waals surface area contributed by atoms with Crippen molar-refractivity contribution in [1.29, 1.82) is 0 Å². The van der Waals surface area contributed by atoms with Gasteiger partial charge in [-0.3, -0.25) is 9.48 Å². The summed E-state index contributed by atoms with van der Waals surface area (Å²) in [5, 5.41) is 4.27. The van der Waals surface area contributed by atoms with Crippen LogP contribution in [-0.4, -0.2) is 58.2 Å². The highest BCUT2D eigenvalue weighted by Gasteiger charge is 2.38. The average Bonchev–Trinajstić information content (AvgIpc) is 3.13. The number of likely N-dealkylation sites (tertiary alicyclic amines) is 1. The molecule has 1 aliphatic rings. The quantitative estimate of drug-likeness (QED) is 0.864. The first-order chi connectivity index (χ1) is 11.5. The van der Waals surface area contributed by atoms with Gasteiger partial charge in [0.15, 0.2) is 0 Å². The topological polar surface area (TPSA) is 41.4 Å². The van der Waals surface area contributed by atoms with E-state index in [0.717, 1.165) is 30.5 Å². The van der Waals surface area contributed by atoms with E-state index in [2.05, 4.69) is 24.1 Å². The molecule has 0 saturated carbocycles. The second kappa shape index (κ2) is 6.77. The molecule has 0 bridgehead atoms. The Kier molecular flexibility index (Phi) is 4.71. The zero-order valence-electron chi connectivity index (χ0n) is 14.9. The number of carbonyl (C=O) groups excluding carboxylic acids is 1. The number of hydrogen-bond donors (Lipinski definition) is 0. The fourth-order valence-electron chi connectivity index (χ4n) is 3.70. The molecular weight excluding hydrogens is 300 g/mol. The Morgan fingerprint density at radius 2 is 2.17 bits per heavy atom. The van der Waals surface area contributed by atoms with Gasteiger partial charge >= 0.3 is 0 Å². The van der Waals surface area contributed by atoms with Gasteiger partial charge in [-0.15, -0.1) is 0 Å². The third kappa shape index (κ3) is 3.36. The van der Waals surface area contributed by atoms with Crippen LogP contribution in [0.2, 0.25) is 0 Å². The monoisotopic (exact) mass is 326 g/mol. The maximum absolute atomic E-state index is 13.1. The van der Waals surface area contributed by atoms with Crippen LogP contribution in [0.5, 0.6) is 0 Å². The summed E-state index contributed by atoms with van der Waals surface area (Å²) in [6.07, 6.45) is 5.80. The van der Waals surface area contributed by atoms with Gasteiger partial charge in [0.25, 0.3) is 5.91 Å². The number of rotatable bonds is 4. The summed E-state index contributed by atoms with van der Waals surface area (Å²) in [4.78, 5) is 17.3. The number of benzene rings is 1. The normalized spacial score (nSPS) is 20.8. The number of hydrogen-bond acceptors (Lipinski definition) is 3. The molecule has 0 N–H and O–H groups in total. The first-order valence-corrected chi connectivity index (χ1v) is 8.47. The lowest BCUT2D eigenvalue weighted by Crippen LogP contribution is -2.45. The van der Waals surface area contributed by atoms with Crippen molar-refractivity contribution < 1.29 is 4.79 Å². The highest BCUT2D eigenvalue weighted by Crippen LogP contribution is 2.26. The van der Waals surface area contributed by atoms with E-state index in [1.807, 2.05) is 60.2 Å². The van der Waals surface area contributed by atoms with E-state index in [0.29, 0.717) is 6.04 Å². The Balaban J connectivity index is 1.86. The van der Waals surface area contributed by atoms with Crippen LogP contribution in [0.3, 0.4) is 0 Å². The highest BCUT2D eigenvalue weighted by atomic mass is 16.2. The van der Waals surface area contributed by atoms with E-state index < -0.39 is 0 Å². The minimum absolute atomic E-state index is 0.136. The molecule has 2 heterocycles. The van der Waals surface area contributed by atoms with Gasteiger partial charge in [-0.1, -0.05) is 17.7 Å². The van der Waals surface area contributed by atoms with E-state index in [1.54, 1.807) is 0 Å². The SMILES string of the molecule is Cc1cccc(C(=O)N2CC[C@@H](N(C)C)[C@@H]2Cc2cnn(C)c2)c1. The van der Waals surface area contributed by atoms with Crippen LogP contribution in [-0.2, 0) is 13.5 Å². The van der Waals surface area contributed by atoms with Crippen LogP contribution in [0, 0.1) is 6.92 Å². The van der Waals surface area contributed by atoms with Crippen LogP contribution in [0.25, 0.3) is 0 Å². The van der Waals surface area contributed by atoms with Crippen LogP contribution in [0.1, 0.15) is 27.9 Å². The molecule has 5 heteroatoms. The van der Waals surface area contributed by atoms with Crippen molar-refractivity contribution in [2.75, 3.05) is 20.6 Å². The van der Waals surface area contributed by atoms with Crippen molar-refractivity contribution in [3.05, 3.63) is 53.3 Å². The number of likely N-dealkylation sites (N-methyl/N-ethyl adjacent to an activating group) is 1. The summed E-state index contributed by atoms with van der Waals surface area (Å²) in [6, 6.07) is 8.43. The van der Waals surface area contributed by atoms with Crippen LogP contribution < -0.4 is 0 Å². The fourth-order valence-corrected chi connectivity index (χ4v) is 3.70. The van der Waals surface area contributed by atoms with Crippen molar-refractivity contribution in [2.24, 2.45) is 7.05 Å². The Morgan fingerprint density at radius 3 is 2.79 bits per heavy atom. The maximum atomic E-state index is 13.1. The fraction of sp³-hybridized carbons (Fsp3) is 0.474. The summed E-state index contributed by atoms with van der Waals surface area (Å²) in [7, 11) is 6.13. The van der Waals surface area contributed by atoms with Crippen molar-refractivity contribution in [3.8, 4) is 0 Å². The third-order valence-electron chi connectivity index (χ3n) is 4.90. The largest absolute Gasteiger partial charge is 0.334 e. The Bertz CT molecular complexity index is 722. The van der Waals surface area contributed by atoms with Crippen molar-refractivity contribution >= 4 is 5.91 Å². The zero-order chi connectivity index (χ0) is 17.3. The summed E-state index contributed by atoms with van der Waals surface area (Å²) in [5.74, 6) is 0.136. The van der Waals surface area contributed by atoms with Gasteiger partial charge in [-0.25, -0.2) is 0 Å². The molecule has 1 aliphatic heterocycles. The number of amides is 1. The smallest absolute Gasteiger partial charge is 0.254 e. The summed E-state index contributed by atoms with van der Waals surface area (Å²) in [5.41, 5.74) is 3.08. The molecule has 3 rings (SSSR count). The molecule has 2 aromatic rings. The molecule has 2 atom stereocenters. The predicted molar refractivity (Wildman–Crippen MR) is 95.0 cm³/mol. The summed E-state index contributed by atoms with van der Waals surface area (Å²) >= 11 is 0. The van der Waals surface area contributed by atoms with Crippen LogP contribution in [0.4, 0.5) is 0 Å². The minimum Gasteiger partial charge on any atom is -0.334 e. The van der Waals surface area contributed by atoms with Gasteiger partial charge in [0.2, 0.25) is 0 Å². The lowest BCUT2D eigenvalue weighted by atomic mass is 10.0. The van der Waals surface area contributed by atoms with Gasteiger partial charge in [0.05, 0.1) is 12.2 Å². The highest BCUT2D eigenvalue weighted by molar-refractivity contribution is 5.94. The zero-order valence-corrected chi connectivity index (χ0v) is 14.9. The van der Waals surface area contributed by atoms with Crippen LogP contribution in [0.15, 0.2) is 36.7 Å². The first-order valence-electron chi connectivity index (χ1n) is 8.47. The molecule has 1 amide bonds. The van der Waals surface area contributed by atoms with Crippen molar-refractivity contribution in [3.63, 3.8) is 0 Å². The van der Waals surface area contributed by atoms with Gasteiger partial charge in [0, 0.05) is 31.4 Å². The first kappa shape index (κ1) is 16.7. The van der Waals surface area contributed by atoms with E-state index in [1.165, 1.54) is 5.56 Å². The number of nitrogens with zero attached hydrogens (tertiary/aromatic N) is 4. The van der Waals surface area contributed by atoms with E-state index in [9.17, 15) is 4.79 Å². The van der Waals surface area contributed by atoms with E-state index in [4.69, 9.17) is 0 Å².